The third kappa shape index (κ3) is 3.81. The van der Waals surface area contributed by atoms with Crippen LogP contribution in [0.15, 0.2) is 71.1 Å². The molecule has 3 aromatic rings. The molecular weight excluding hydrogens is 374 g/mol. The first-order chi connectivity index (χ1) is 12.5. The van der Waals surface area contributed by atoms with Gasteiger partial charge in [0.25, 0.3) is 8.32 Å². The average Bonchev–Trinajstić information content (AvgIpc) is 3.11. The van der Waals surface area contributed by atoms with E-state index in [0.29, 0.717) is 6.61 Å². The summed E-state index contributed by atoms with van der Waals surface area (Å²) >= 11 is 3.46. The summed E-state index contributed by atoms with van der Waals surface area (Å²) in [6.07, 6.45) is 4.03. The number of thiazole rings is 1. The van der Waals surface area contributed by atoms with Gasteiger partial charge in [-0.05, 0) is 21.7 Å². The molecule has 0 radical (unpaired) electrons. The van der Waals surface area contributed by atoms with Crippen LogP contribution >= 0.6 is 23.1 Å². The van der Waals surface area contributed by atoms with Crippen LogP contribution in [0.3, 0.4) is 0 Å². The summed E-state index contributed by atoms with van der Waals surface area (Å²) < 4.78 is 8.12. The van der Waals surface area contributed by atoms with E-state index in [9.17, 15) is 0 Å². The molecule has 0 aliphatic heterocycles. The zero-order valence-electron chi connectivity index (χ0n) is 15.7. The number of hydrogen-bond acceptors (Lipinski definition) is 4. The van der Waals surface area contributed by atoms with Crippen molar-refractivity contribution in [1.29, 1.82) is 0 Å². The second kappa shape index (κ2) is 8.09. The van der Waals surface area contributed by atoms with Crippen molar-refractivity contribution in [2.75, 3.05) is 6.26 Å². The van der Waals surface area contributed by atoms with E-state index >= 15 is 0 Å². The first-order valence-electron chi connectivity index (χ1n) is 8.71. The molecule has 0 fully saturated rings. The molecule has 0 saturated carbocycles. The topological polar surface area (TPSA) is 22.1 Å². The Hall–Kier alpha value is -1.40. The van der Waals surface area contributed by atoms with Gasteiger partial charge in [-0.2, -0.15) is 0 Å². The van der Waals surface area contributed by atoms with E-state index in [1.54, 1.807) is 23.1 Å². The highest BCUT2D eigenvalue weighted by Crippen LogP contribution is 2.37. The molecule has 0 atom stereocenters. The fourth-order valence-electron chi connectivity index (χ4n) is 3.39. The second-order valence-electron chi connectivity index (χ2n) is 7.23. The van der Waals surface area contributed by atoms with Gasteiger partial charge in [-0.3, -0.25) is 0 Å². The van der Waals surface area contributed by atoms with Crippen molar-refractivity contribution < 1.29 is 4.43 Å². The van der Waals surface area contributed by atoms with Crippen molar-refractivity contribution in [3.8, 4) is 0 Å². The summed E-state index contributed by atoms with van der Waals surface area (Å²) in [5, 5.41) is 3.65. The highest BCUT2D eigenvalue weighted by atomic mass is 32.2. The van der Waals surface area contributed by atoms with Crippen LogP contribution in [0, 0.1) is 0 Å². The molecule has 136 valence electrons. The first-order valence-corrected chi connectivity index (χ1v) is 12.7. The Morgan fingerprint density at radius 1 is 0.962 bits per heavy atom. The minimum Gasteiger partial charge on any atom is -0.401 e. The molecule has 0 N–H and O–H groups in total. The summed E-state index contributed by atoms with van der Waals surface area (Å²) in [5.41, 5.74) is 0. The van der Waals surface area contributed by atoms with Gasteiger partial charge in [-0.1, -0.05) is 81.4 Å². The van der Waals surface area contributed by atoms with Crippen molar-refractivity contribution in [3.05, 3.63) is 71.9 Å². The number of aromatic nitrogens is 1. The number of thioether (sulfide) groups is 1. The van der Waals surface area contributed by atoms with Gasteiger partial charge < -0.3 is 4.43 Å². The molecule has 26 heavy (non-hydrogen) atoms. The third-order valence-electron chi connectivity index (χ3n) is 4.56. The lowest BCUT2D eigenvalue weighted by atomic mass is 10.2. The van der Waals surface area contributed by atoms with Gasteiger partial charge in [0.05, 0.1) is 17.0 Å². The predicted octanol–water partition coefficient (Wildman–Crippen LogP) is 4.94. The highest BCUT2D eigenvalue weighted by Gasteiger charge is 2.50. The van der Waals surface area contributed by atoms with Gasteiger partial charge in [0.1, 0.15) is 5.01 Å². The molecule has 5 heteroatoms. The lowest BCUT2D eigenvalue weighted by Crippen LogP contribution is -2.66. The Morgan fingerprint density at radius 3 is 1.92 bits per heavy atom. The van der Waals surface area contributed by atoms with E-state index in [1.165, 1.54) is 14.6 Å². The summed E-state index contributed by atoms with van der Waals surface area (Å²) in [6.45, 7) is 7.45. The SMILES string of the molecule is CSc1cnc(CO[Si](c2ccccc2)(c2ccccc2)C(C)(C)C)s1. The molecule has 0 bridgehead atoms. The van der Waals surface area contributed by atoms with Crippen LogP contribution in [-0.4, -0.2) is 19.6 Å². The van der Waals surface area contributed by atoms with Crippen LogP contribution in [0.25, 0.3) is 0 Å². The number of benzene rings is 2. The molecule has 0 saturated heterocycles. The largest absolute Gasteiger partial charge is 0.401 e. The van der Waals surface area contributed by atoms with E-state index < -0.39 is 8.32 Å². The van der Waals surface area contributed by atoms with Gasteiger partial charge in [0, 0.05) is 0 Å². The van der Waals surface area contributed by atoms with E-state index in [4.69, 9.17) is 4.43 Å². The molecule has 2 aromatic carbocycles. The Bertz CT molecular complexity index is 788. The van der Waals surface area contributed by atoms with Crippen molar-refractivity contribution in [1.82, 2.24) is 4.98 Å². The quantitative estimate of drug-likeness (QED) is 0.433. The number of rotatable bonds is 6. The number of nitrogens with zero attached hydrogens (tertiary/aromatic N) is 1. The van der Waals surface area contributed by atoms with Crippen LogP contribution in [0.2, 0.25) is 5.04 Å². The predicted molar refractivity (Wildman–Crippen MR) is 116 cm³/mol. The lowest BCUT2D eigenvalue weighted by molar-refractivity contribution is 0.285. The van der Waals surface area contributed by atoms with Crippen molar-refractivity contribution >= 4 is 41.8 Å². The Labute approximate surface area is 165 Å². The Balaban J connectivity index is 2.08. The van der Waals surface area contributed by atoms with Gasteiger partial charge in [0.15, 0.2) is 0 Å². The van der Waals surface area contributed by atoms with Crippen LogP contribution in [0.4, 0.5) is 0 Å². The molecule has 3 rings (SSSR count). The van der Waals surface area contributed by atoms with Crippen LogP contribution in [0.5, 0.6) is 0 Å². The van der Waals surface area contributed by atoms with E-state index in [0.717, 1.165) is 5.01 Å². The van der Waals surface area contributed by atoms with Crippen LogP contribution < -0.4 is 10.4 Å². The normalized spacial score (nSPS) is 12.3. The molecule has 2 nitrogen and oxygen atoms in total. The first kappa shape index (κ1) is 19.4. The van der Waals surface area contributed by atoms with Crippen molar-refractivity contribution in [3.63, 3.8) is 0 Å². The molecular formula is C21H25NOS2Si. The Morgan fingerprint density at radius 2 is 1.50 bits per heavy atom. The van der Waals surface area contributed by atoms with Gasteiger partial charge in [-0.25, -0.2) is 4.98 Å². The zero-order chi connectivity index (χ0) is 18.6. The van der Waals surface area contributed by atoms with Crippen LogP contribution in [-0.2, 0) is 11.0 Å². The maximum atomic E-state index is 6.89. The molecule has 0 amide bonds. The maximum absolute atomic E-state index is 6.89. The lowest BCUT2D eigenvalue weighted by Gasteiger charge is -2.42. The minimum absolute atomic E-state index is 0.00466. The summed E-state index contributed by atoms with van der Waals surface area (Å²) in [4.78, 5) is 4.55. The highest BCUT2D eigenvalue weighted by molar-refractivity contribution is 8.00. The molecule has 0 spiro atoms. The summed E-state index contributed by atoms with van der Waals surface area (Å²) in [7, 11) is -2.47. The average molecular weight is 400 g/mol. The van der Waals surface area contributed by atoms with Gasteiger partial charge in [-0.15, -0.1) is 23.1 Å². The monoisotopic (exact) mass is 399 g/mol. The maximum Gasteiger partial charge on any atom is 0.261 e. The Kier molecular flexibility index (Phi) is 6.02. The zero-order valence-corrected chi connectivity index (χ0v) is 18.4. The van der Waals surface area contributed by atoms with E-state index in [-0.39, 0.29) is 5.04 Å². The van der Waals surface area contributed by atoms with Gasteiger partial charge >= 0.3 is 0 Å². The standard InChI is InChI=1S/C21H25NOS2Si/c1-21(2,3)26(17-11-7-5-8-12-17,18-13-9-6-10-14-18)23-16-19-22-15-20(24-4)25-19/h5-15H,16H2,1-4H3. The molecule has 0 unspecified atom stereocenters. The smallest absolute Gasteiger partial charge is 0.261 e. The minimum atomic E-state index is -2.47. The molecule has 1 aromatic heterocycles. The van der Waals surface area contributed by atoms with Crippen molar-refractivity contribution in [2.24, 2.45) is 0 Å². The van der Waals surface area contributed by atoms with Gasteiger partial charge in [0.2, 0.25) is 0 Å². The third-order valence-corrected chi connectivity index (χ3v) is 11.6. The van der Waals surface area contributed by atoms with E-state index in [1.807, 2.05) is 6.20 Å². The molecule has 0 aliphatic rings. The summed E-state index contributed by atoms with van der Waals surface area (Å²) in [5.74, 6) is 0. The second-order valence-corrected chi connectivity index (χ2v) is 13.8. The molecule has 1 heterocycles. The van der Waals surface area contributed by atoms with Crippen LogP contribution in [0.1, 0.15) is 25.8 Å². The van der Waals surface area contributed by atoms with E-state index in [2.05, 4.69) is 92.7 Å². The fourth-order valence-corrected chi connectivity index (χ4v) is 9.34. The molecule has 0 aliphatic carbocycles. The summed E-state index contributed by atoms with van der Waals surface area (Å²) in [6, 6.07) is 21.5. The number of hydrogen-bond donors (Lipinski definition) is 0. The van der Waals surface area contributed by atoms with Crippen molar-refractivity contribution in [2.45, 2.75) is 36.6 Å². The fraction of sp³-hybridized carbons (Fsp3) is 0.286.